The van der Waals surface area contributed by atoms with E-state index in [0.29, 0.717) is 26.1 Å². The number of ether oxygens (including phenoxy) is 2. The summed E-state index contributed by atoms with van der Waals surface area (Å²) in [5.74, 6) is 0. The van der Waals surface area contributed by atoms with Gasteiger partial charge in [-0.15, -0.1) is 0 Å². The number of non-ortho nitro benzene ring substituents is 1. The fourth-order valence-electron chi connectivity index (χ4n) is 2.93. The molecule has 1 amide bonds. The van der Waals surface area contributed by atoms with Crippen LogP contribution in [0.3, 0.4) is 0 Å². The highest BCUT2D eigenvalue weighted by atomic mass is 16.6. The van der Waals surface area contributed by atoms with Gasteiger partial charge in [0.25, 0.3) is 5.69 Å². The Balaban J connectivity index is 2.35. The number of carbonyl (C=O) groups excluding carboxylic acids is 1. The van der Waals surface area contributed by atoms with Crippen LogP contribution >= 0.6 is 0 Å². The van der Waals surface area contributed by atoms with Crippen molar-refractivity contribution >= 4 is 11.8 Å². The lowest BCUT2D eigenvalue weighted by atomic mass is 9.81. The molecule has 1 fully saturated rings. The molecule has 132 valence electrons. The highest BCUT2D eigenvalue weighted by Gasteiger charge is 2.42. The predicted octanol–water partition coefficient (Wildman–Crippen LogP) is 3.47. The zero-order valence-corrected chi connectivity index (χ0v) is 14.6. The van der Waals surface area contributed by atoms with Crippen molar-refractivity contribution in [2.75, 3.05) is 20.3 Å². The molecule has 0 unspecified atom stereocenters. The maximum Gasteiger partial charge on any atom is 0.410 e. The Morgan fingerprint density at radius 3 is 2.25 bits per heavy atom. The Kier molecular flexibility index (Phi) is 5.13. The quantitative estimate of drug-likeness (QED) is 0.623. The number of nitrogens with zero attached hydrogens (tertiary/aromatic N) is 2. The van der Waals surface area contributed by atoms with Gasteiger partial charge in [0.2, 0.25) is 0 Å². The van der Waals surface area contributed by atoms with Gasteiger partial charge >= 0.3 is 6.09 Å². The monoisotopic (exact) mass is 336 g/mol. The van der Waals surface area contributed by atoms with E-state index in [2.05, 4.69) is 0 Å². The van der Waals surface area contributed by atoms with Crippen molar-refractivity contribution in [2.24, 2.45) is 0 Å². The number of hydrogen-bond acceptors (Lipinski definition) is 5. The maximum absolute atomic E-state index is 12.6. The van der Waals surface area contributed by atoms with Crippen molar-refractivity contribution in [2.45, 2.75) is 44.8 Å². The fraction of sp³-hybridized carbons (Fsp3) is 0.588. The molecule has 1 aliphatic heterocycles. The summed E-state index contributed by atoms with van der Waals surface area (Å²) in [5.41, 5.74) is -0.297. The van der Waals surface area contributed by atoms with Gasteiger partial charge < -0.3 is 14.4 Å². The van der Waals surface area contributed by atoms with Gasteiger partial charge in [-0.1, -0.05) is 0 Å². The molecule has 0 spiro atoms. The van der Waals surface area contributed by atoms with Crippen LogP contribution in [-0.2, 0) is 15.0 Å². The summed E-state index contributed by atoms with van der Waals surface area (Å²) < 4.78 is 11.0. The van der Waals surface area contributed by atoms with Gasteiger partial charge in [-0.2, -0.15) is 0 Å². The van der Waals surface area contributed by atoms with Gasteiger partial charge in [0, 0.05) is 32.4 Å². The number of hydrogen-bond donors (Lipinski definition) is 0. The minimum absolute atomic E-state index is 0.0286. The second-order valence-corrected chi connectivity index (χ2v) is 6.99. The van der Waals surface area contributed by atoms with Gasteiger partial charge in [0.05, 0.1) is 10.5 Å². The number of carbonyl (C=O) groups is 1. The van der Waals surface area contributed by atoms with Crippen molar-refractivity contribution < 1.29 is 19.2 Å². The maximum atomic E-state index is 12.6. The van der Waals surface area contributed by atoms with E-state index < -0.39 is 22.2 Å². The molecule has 0 aliphatic carbocycles. The fourth-order valence-corrected chi connectivity index (χ4v) is 2.93. The van der Waals surface area contributed by atoms with Crippen LogP contribution in [-0.4, -0.2) is 41.8 Å². The Morgan fingerprint density at radius 1 is 1.25 bits per heavy atom. The minimum Gasteiger partial charge on any atom is -0.444 e. The Morgan fingerprint density at radius 2 is 1.79 bits per heavy atom. The summed E-state index contributed by atoms with van der Waals surface area (Å²) in [5, 5.41) is 10.9. The first kappa shape index (κ1) is 18.2. The highest BCUT2D eigenvalue weighted by molar-refractivity contribution is 5.69. The summed E-state index contributed by atoms with van der Waals surface area (Å²) in [4.78, 5) is 24.6. The molecule has 0 aromatic heterocycles. The van der Waals surface area contributed by atoms with E-state index in [1.54, 1.807) is 24.1 Å². The number of nitro benzene ring substituents is 1. The van der Waals surface area contributed by atoms with Crippen LogP contribution in [0, 0.1) is 10.1 Å². The lowest BCUT2D eigenvalue weighted by Crippen LogP contribution is -2.51. The Labute approximate surface area is 141 Å². The molecule has 1 aromatic rings. The number of nitro groups is 1. The first-order chi connectivity index (χ1) is 11.2. The molecule has 1 heterocycles. The van der Waals surface area contributed by atoms with E-state index in [1.165, 1.54) is 12.1 Å². The van der Waals surface area contributed by atoms with Crippen molar-refractivity contribution in [1.29, 1.82) is 0 Å². The molecule has 7 heteroatoms. The largest absolute Gasteiger partial charge is 0.444 e. The second-order valence-electron chi connectivity index (χ2n) is 6.99. The van der Waals surface area contributed by atoms with E-state index in [9.17, 15) is 14.9 Å². The van der Waals surface area contributed by atoms with E-state index >= 15 is 0 Å². The lowest BCUT2D eigenvalue weighted by molar-refractivity contribution is -0.384. The average Bonchev–Trinajstić information content (AvgIpc) is 2.53. The first-order valence-corrected chi connectivity index (χ1v) is 7.95. The average molecular weight is 336 g/mol. The first-order valence-electron chi connectivity index (χ1n) is 7.95. The number of rotatable bonds is 3. The van der Waals surface area contributed by atoms with Crippen LogP contribution in [0.2, 0.25) is 0 Å². The molecule has 7 nitrogen and oxygen atoms in total. The molecular weight excluding hydrogens is 312 g/mol. The third kappa shape index (κ3) is 3.84. The van der Waals surface area contributed by atoms with E-state index in [-0.39, 0.29) is 5.69 Å². The summed E-state index contributed by atoms with van der Waals surface area (Å²) in [6, 6.07) is 6.36. The molecule has 0 saturated carbocycles. The Bertz CT molecular complexity index is 600. The van der Waals surface area contributed by atoms with Gasteiger partial charge in [-0.3, -0.25) is 10.1 Å². The number of benzene rings is 1. The van der Waals surface area contributed by atoms with Crippen molar-refractivity contribution in [1.82, 2.24) is 4.90 Å². The van der Waals surface area contributed by atoms with Gasteiger partial charge in [0.15, 0.2) is 0 Å². The molecule has 0 radical (unpaired) electrons. The van der Waals surface area contributed by atoms with Crippen LogP contribution in [0.5, 0.6) is 0 Å². The van der Waals surface area contributed by atoms with Crippen LogP contribution in [0.4, 0.5) is 10.5 Å². The molecule has 0 bridgehead atoms. The van der Waals surface area contributed by atoms with Crippen molar-refractivity contribution in [3.63, 3.8) is 0 Å². The predicted molar refractivity (Wildman–Crippen MR) is 88.8 cm³/mol. The van der Waals surface area contributed by atoms with Crippen LogP contribution in [0.1, 0.15) is 39.2 Å². The van der Waals surface area contributed by atoms with E-state index in [4.69, 9.17) is 9.47 Å². The van der Waals surface area contributed by atoms with E-state index in [0.717, 1.165) is 5.56 Å². The topological polar surface area (TPSA) is 81.9 Å². The molecule has 2 rings (SSSR count). The summed E-state index contributed by atoms with van der Waals surface area (Å²) in [6.45, 7) is 6.50. The zero-order chi connectivity index (χ0) is 18.0. The van der Waals surface area contributed by atoms with Crippen LogP contribution in [0.15, 0.2) is 24.3 Å². The van der Waals surface area contributed by atoms with Gasteiger partial charge in [-0.05, 0) is 51.3 Å². The van der Waals surface area contributed by atoms with Crippen LogP contribution in [0.25, 0.3) is 0 Å². The molecule has 0 atom stereocenters. The SMILES string of the molecule is CN(C(=O)OC(C)(C)C)C1(c2ccc([N+](=O)[O-])cc2)CCOCC1. The number of amides is 1. The molecular formula is C17H24N2O5. The highest BCUT2D eigenvalue weighted by Crippen LogP contribution is 2.38. The van der Waals surface area contributed by atoms with Gasteiger partial charge in [0.1, 0.15) is 5.60 Å². The van der Waals surface area contributed by atoms with E-state index in [1.807, 2.05) is 20.8 Å². The third-order valence-electron chi connectivity index (χ3n) is 4.24. The standard InChI is InChI=1S/C17H24N2O5/c1-16(2,3)24-15(20)18(4)17(9-11-23-12-10-17)13-5-7-14(8-6-13)19(21)22/h5-8H,9-12H2,1-4H3. The molecule has 1 aliphatic rings. The zero-order valence-electron chi connectivity index (χ0n) is 14.6. The third-order valence-corrected chi connectivity index (χ3v) is 4.24. The Hall–Kier alpha value is -2.15. The smallest absolute Gasteiger partial charge is 0.410 e. The van der Waals surface area contributed by atoms with Crippen LogP contribution < -0.4 is 0 Å². The molecule has 24 heavy (non-hydrogen) atoms. The minimum atomic E-state index is -0.590. The van der Waals surface area contributed by atoms with Crippen molar-refractivity contribution in [3.8, 4) is 0 Å². The lowest BCUT2D eigenvalue weighted by Gasteiger charge is -2.44. The summed E-state index contributed by atoms with van der Waals surface area (Å²) >= 11 is 0. The summed E-state index contributed by atoms with van der Waals surface area (Å²) in [6.07, 6.45) is 0.809. The van der Waals surface area contributed by atoms with Crippen molar-refractivity contribution in [3.05, 3.63) is 39.9 Å². The summed E-state index contributed by atoms with van der Waals surface area (Å²) in [7, 11) is 1.71. The molecule has 1 saturated heterocycles. The van der Waals surface area contributed by atoms with Gasteiger partial charge in [-0.25, -0.2) is 4.79 Å². The second kappa shape index (κ2) is 6.76. The molecule has 1 aromatic carbocycles. The normalized spacial score (nSPS) is 17.2. The molecule has 0 N–H and O–H groups in total.